The van der Waals surface area contributed by atoms with Crippen LogP contribution in [0.25, 0.3) is 0 Å². The Balaban J connectivity index is 2.30. The lowest BCUT2D eigenvalue weighted by atomic mass is 10.1. The van der Waals surface area contributed by atoms with E-state index in [1.807, 2.05) is 45.0 Å². The monoisotopic (exact) mass is 222 g/mol. The fourth-order valence-corrected chi connectivity index (χ4v) is 1.10. The summed E-state index contributed by atoms with van der Waals surface area (Å²) in [6.45, 7) is 5.78. The van der Waals surface area contributed by atoms with Crippen molar-refractivity contribution < 1.29 is 14.3 Å². The minimum atomic E-state index is -0.213. The van der Waals surface area contributed by atoms with Crippen molar-refractivity contribution in [3.63, 3.8) is 0 Å². The van der Waals surface area contributed by atoms with Gasteiger partial charge in [0.1, 0.15) is 5.75 Å². The maximum atomic E-state index is 11.3. The van der Waals surface area contributed by atoms with Gasteiger partial charge in [0.15, 0.2) is 0 Å². The summed E-state index contributed by atoms with van der Waals surface area (Å²) in [4.78, 5) is 11.3. The van der Waals surface area contributed by atoms with Gasteiger partial charge in [0, 0.05) is 0 Å². The number of ether oxygens (including phenoxy) is 2. The fourth-order valence-electron chi connectivity index (χ4n) is 1.10. The highest BCUT2D eigenvalue weighted by Gasteiger charge is 2.11. The van der Waals surface area contributed by atoms with Gasteiger partial charge in [-0.15, -0.1) is 0 Å². The van der Waals surface area contributed by atoms with E-state index < -0.39 is 0 Å². The smallest absolute Gasteiger partial charge is 0.311 e. The van der Waals surface area contributed by atoms with Gasteiger partial charge in [0.25, 0.3) is 0 Å². The topological polar surface area (TPSA) is 35.5 Å². The molecule has 0 amide bonds. The number of hydrogen-bond acceptors (Lipinski definition) is 3. The van der Waals surface area contributed by atoms with Crippen molar-refractivity contribution in [2.75, 3.05) is 6.79 Å². The summed E-state index contributed by atoms with van der Waals surface area (Å²) in [5, 5.41) is 0. The molecule has 1 unspecified atom stereocenters. The Morgan fingerprint density at radius 1 is 1.31 bits per heavy atom. The highest BCUT2D eigenvalue weighted by atomic mass is 16.7. The maximum Gasteiger partial charge on any atom is 0.311 e. The van der Waals surface area contributed by atoms with E-state index in [1.54, 1.807) is 0 Å². The molecule has 3 heteroatoms. The van der Waals surface area contributed by atoms with Crippen molar-refractivity contribution in [3.8, 4) is 5.75 Å². The number of rotatable bonds is 5. The van der Waals surface area contributed by atoms with Crippen LogP contribution in [0.1, 0.15) is 25.8 Å². The predicted molar refractivity (Wildman–Crippen MR) is 62.2 cm³/mol. The Morgan fingerprint density at radius 2 is 1.94 bits per heavy atom. The Hall–Kier alpha value is -1.51. The van der Waals surface area contributed by atoms with Crippen LogP contribution in [0.3, 0.4) is 0 Å². The van der Waals surface area contributed by atoms with E-state index in [1.165, 1.54) is 5.56 Å². The van der Waals surface area contributed by atoms with Gasteiger partial charge in [-0.05, 0) is 25.5 Å². The number of aryl methyl sites for hydroxylation is 1. The van der Waals surface area contributed by atoms with Crippen LogP contribution >= 0.6 is 0 Å². The van der Waals surface area contributed by atoms with Crippen LogP contribution < -0.4 is 4.74 Å². The van der Waals surface area contributed by atoms with Gasteiger partial charge in [0.05, 0.1) is 5.92 Å². The molecule has 0 aliphatic carbocycles. The summed E-state index contributed by atoms with van der Waals surface area (Å²) in [5.41, 5.74) is 1.17. The van der Waals surface area contributed by atoms with E-state index in [4.69, 9.17) is 9.47 Å². The van der Waals surface area contributed by atoms with Gasteiger partial charge in [-0.25, -0.2) is 0 Å². The summed E-state index contributed by atoms with van der Waals surface area (Å²) < 4.78 is 10.3. The maximum absolute atomic E-state index is 11.3. The molecule has 1 atom stereocenters. The number of hydrogen-bond donors (Lipinski definition) is 0. The number of benzene rings is 1. The van der Waals surface area contributed by atoms with Crippen LogP contribution in [0.15, 0.2) is 24.3 Å². The minimum Gasteiger partial charge on any atom is -0.457 e. The summed E-state index contributed by atoms with van der Waals surface area (Å²) in [7, 11) is 0. The Bertz CT molecular complexity index is 330. The highest BCUT2D eigenvalue weighted by molar-refractivity contribution is 5.71. The van der Waals surface area contributed by atoms with Crippen LogP contribution in [-0.4, -0.2) is 12.8 Å². The molecule has 3 nitrogen and oxygen atoms in total. The van der Waals surface area contributed by atoms with Crippen LogP contribution in [0, 0.1) is 12.8 Å². The molecule has 0 saturated heterocycles. The number of esters is 1. The molecule has 0 spiro atoms. The molecule has 1 aromatic carbocycles. The lowest BCUT2D eigenvalue weighted by molar-refractivity contribution is -0.154. The average molecular weight is 222 g/mol. The molecule has 0 radical (unpaired) electrons. The fraction of sp³-hybridized carbons (Fsp3) is 0.462. The molecule has 0 saturated carbocycles. The van der Waals surface area contributed by atoms with Crippen molar-refractivity contribution in [2.45, 2.75) is 27.2 Å². The lowest BCUT2D eigenvalue weighted by Gasteiger charge is -2.10. The third kappa shape index (κ3) is 3.93. The molecule has 0 aliphatic rings. The van der Waals surface area contributed by atoms with E-state index in [9.17, 15) is 4.79 Å². The SMILES string of the molecule is CCC(C)C(=O)OCOc1ccc(C)cc1. The zero-order valence-electron chi connectivity index (χ0n) is 10.0. The van der Waals surface area contributed by atoms with Crippen molar-refractivity contribution in [1.29, 1.82) is 0 Å². The Morgan fingerprint density at radius 3 is 2.50 bits per heavy atom. The van der Waals surface area contributed by atoms with E-state index in [0.29, 0.717) is 5.75 Å². The summed E-state index contributed by atoms with van der Waals surface area (Å²) in [6, 6.07) is 7.61. The molecule has 1 aromatic rings. The largest absolute Gasteiger partial charge is 0.457 e. The van der Waals surface area contributed by atoms with Crippen LogP contribution in [0.5, 0.6) is 5.75 Å². The molecular formula is C13H18O3. The first-order valence-electron chi connectivity index (χ1n) is 5.49. The summed E-state index contributed by atoms with van der Waals surface area (Å²) in [5.74, 6) is 0.429. The zero-order valence-corrected chi connectivity index (χ0v) is 10.0. The van der Waals surface area contributed by atoms with Gasteiger partial charge < -0.3 is 9.47 Å². The first kappa shape index (κ1) is 12.6. The van der Waals surface area contributed by atoms with Crippen molar-refractivity contribution in [1.82, 2.24) is 0 Å². The average Bonchev–Trinajstić information content (AvgIpc) is 2.30. The van der Waals surface area contributed by atoms with Crippen LogP contribution in [0.2, 0.25) is 0 Å². The number of carbonyl (C=O) groups is 1. The van der Waals surface area contributed by atoms with E-state index >= 15 is 0 Å². The normalized spacial score (nSPS) is 11.9. The predicted octanol–water partition coefficient (Wildman–Crippen LogP) is 2.92. The van der Waals surface area contributed by atoms with Crippen molar-refractivity contribution >= 4 is 5.97 Å². The summed E-state index contributed by atoms with van der Waals surface area (Å²) in [6.07, 6.45) is 0.781. The van der Waals surface area contributed by atoms with Crippen LogP contribution in [-0.2, 0) is 9.53 Å². The Kier molecular flexibility index (Phi) is 4.83. The second kappa shape index (κ2) is 6.16. The van der Waals surface area contributed by atoms with E-state index in [0.717, 1.165) is 6.42 Å². The summed E-state index contributed by atoms with van der Waals surface area (Å²) >= 11 is 0. The molecule has 0 fully saturated rings. The molecule has 16 heavy (non-hydrogen) atoms. The van der Waals surface area contributed by atoms with Gasteiger partial charge in [-0.1, -0.05) is 31.5 Å². The first-order chi connectivity index (χ1) is 7.63. The van der Waals surface area contributed by atoms with Crippen molar-refractivity contribution in [2.24, 2.45) is 5.92 Å². The minimum absolute atomic E-state index is 0.0216. The molecule has 0 aromatic heterocycles. The highest BCUT2D eigenvalue weighted by Crippen LogP contribution is 2.11. The first-order valence-corrected chi connectivity index (χ1v) is 5.49. The van der Waals surface area contributed by atoms with Crippen molar-refractivity contribution in [3.05, 3.63) is 29.8 Å². The second-order valence-corrected chi connectivity index (χ2v) is 3.85. The van der Waals surface area contributed by atoms with Gasteiger partial charge in [-0.2, -0.15) is 0 Å². The third-order valence-electron chi connectivity index (χ3n) is 2.46. The third-order valence-corrected chi connectivity index (χ3v) is 2.46. The quantitative estimate of drug-likeness (QED) is 0.567. The molecule has 0 N–H and O–H groups in total. The molecular weight excluding hydrogens is 204 g/mol. The Labute approximate surface area is 96.4 Å². The van der Waals surface area contributed by atoms with E-state index in [2.05, 4.69) is 0 Å². The standard InChI is InChI=1S/C13H18O3/c1-4-11(3)13(14)16-9-15-12-7-5-10(2)6-8-12/h5-8,11H,4,9H2,1-3H3. The molecule has 0 aliphatic heterocycles. The molecule has 88 valence electrons. The zero-order chi connectivity index (χ0) is 12.0. The molecule has 0 heterocycles. The molecule has 1 rings (SSSR count). The number of carbonyl (C=O) groups excluding carboxylic acids is 1. The lowest BCUT2D eigenvalue weighted by Crippen LogP contribution is -2.17. The second-order valence-electron chi connectivity index (χ2n) is 3.85. The van der Waals surface area contributed by atoms with Gasteiger partial charge in [-0.3, -0.25) is 4.79 Å². The van der Waals surface area contributed by atoms with E-state index in [-0.39, 0.29) is 18.7 Å². The van der Waals surface area contributed by atoms with Crippen LogP contribution in [0.4, 0.5) is 0 Å². The van der Waals surface area contributed by atoms with Gasteiger partial charge >= 0.3 is 5.97 Å². The van der Waals surface area contributed by atoms with Gasteiger partial charge in [0.2, 0.25) is 6.79 Å². The molecule has 0 bridgehead atoms.